The number of hydrogen-bond donors (Lipinski definition) is 0. The SMILES string of the molecule is O=C(CCC(F)(F)F)c1csnn1. The van der Waals surface area contributed by atoms with Crippen LogP contribution in [0.3, 0.4) is 0 Å². The number of aromatic nitrogens is 2. The molecular weight excluding hydrogens is 205 g/mol. The molecule has 0 radical (unpaired) electrons. The molecule has 0 saturated heterocycles. The second-order valence-electron chi connectivity index (χ2n) is 2.33. The van der Waals surface area contributed by atoms with Crippen LogP contribution in [0.4, 0.5) is 13.2 Å². The van der Waals surface area contributed by atoms with Crippen LogP contribution in [0.5, 0.6) is 0 Å². The summed E-state index contributed by atoms with van der Waals surface area (Å²) in [5.41, 5.74) is 0.00856. The molecule has 0 aromatic carbocycles. The Balaban J connectivity index is 2.44. The molecule has 0 N–H and O–H groups in total. The highest BCUT2D eigenvalue weighted by atomic mass is 32.1. The van der Waals surface area contributed by atoms with E-state index in [-0.39, 0.29) is 5.69 Å². The predicted octanol–water partition coefficient (Wildman–Crippen LogP) is 2.06. The fraction of sp³-hybridized carbons (Fsp3) is 0.500. The lowest BCUT2D eigenvalue weighted by molar-refractivity contribution is -0.133. The minimum atomic E-state index is -4.29. The molecule has 72 valence electrons. The standard InChI is InChI=1S/C6H5F3N2OS/c7-6(8,9)2-1-5(12)4-3-13-11-10-4/h3H,1-2H2. The first-order chi connectivity index (χ1) is 5.99. The van der Waals surface area contributed by atoms with Crippen molar-refractivity contribution in [1.29, 1.82) is 0 Å². The van der Waals surface area contributed by atoms with Gasteiger partial charge in [0.15, 0.2) is 5.78 Å². The van der Waals surface area contributed by atoms with Gasteiger partial charge in [0.25, 0.3) is 0 Å². The molecule has 3 nitrogen and oxygen atoms in total. The summed E-state index contributed by atoms with van der Waals surface area (Å²) in [5, 5.41) is 4.70. The highest BCUT2D eigenvalue weighted by Crippen LogP contribution is 2.22. The molecule has 1 aromatic heterocycles. The largest absolute Gasteiger partial charge is 0.389 e. The first kappa shape index (κ1) is 10.1. The molecule has 13 heavy (non-hydrogen) atoms. The molecule has 0 amide bonds. The number of carbonyl (C=O) groups excluding carboxylic acids is 1. The Bertz CT molecular complexity index is 283. The van der Waals surface area contributed by atoms with Crippen LogP contribution in [0, 0.1) is 0 Å². The summed E-state index contributed by atoms with van der Waals surface area (Å²) in [6, 6.07) is 0. The highest BCUT2D eigenvalue weighted by molar-refractivity contribution is 7.03. The highest BCUT2D eigenvalue weighted by Gasteiger charge is 2.28. The minimum absolute atomic E-state index is 0.00856. The van der Waals surface area contributed by atoms with Crippen LogP contribution in [-0.2, 0) is 0 Å². The first-order valence-electron chi connectivity index (χ1n) is 3.36. The smallest absolute Gasteiger partial charge is 0.292 e. The average Bonchev–Trinajstić information content (AvgIpc) is 2.50. The van der Waals surface area contributed by atoms with E-state index in [0.29, 0.717) is 0 Å². The summed E-state index contributed by atoms with van der Waals surface area (Å²) in [6.45, 7) is 0. The van der Waals surface area contributed by atoms with Gasteiger partial charge in [0, 0.05) is 11.8 Å². The second kappa shape index (κ2) is 3.82. The van der Waals surface area contributed by atoms with E-state index in [0.717, 1.165) is 11.5 Å². The van der Waals surface area contributed by atoms with Crippen molar-refractivity contribution < 1.29 is 18.0 Å². The zero-order valence-corrected chi connectivity index (χ0v) is 7.15. The van der Waals surface area contributed by atoms with Gasteiger partial charge in [-0.2, -0.15) is 13.2 Å². The maximum atomic E-state index is 11.7. The monoisotopic (exact) mass is 210 g/mol. The van der Waals surface area contributed by atoms with Gasteiger partial charge in [0.1, 0.15) is 5.69 Å². The van der Waals surface area contributed by atoms with Crippen molar-refractivity contribution in [2.24, 2.45) is 0 Å². The van der Waals surface area contributed by atoms with E-state index < -0.39 is 24.8 Å². The fourth-order valence-electron chi connectivity index (χ4n) is 0.669. The second-order valence-corrected chi connectivity index (χ2v) is 2.94. The van der Waals surface area contributed by atoms with Crippen LogP contribution < -0.4 is 0 Å². The van der Waals surface area contributed by atoms with Crippen molar-refractivity contribution >= 4 is 17.3 Å². The lowest BCUT2D eigenvalue weighted by atomic mass is 10.2. The lowest BCUT2D eigenvalue weighted by Gasteiger charge is -2.02. The van der Waals surface area contributed by atoms with Crippen molar-refractivity contribution in [1.82, 2.24) is 9.59 Å². The van der Waals surface area contributed by atoms with Crippen molar-refractivity contribution in [3.05, 3.63) is 11.1 Å². The molecule has 0 fully saturated rings. The predicted molar refractivity (Wildman–Crippen MR) is 39.5 cm³/mol. The van der Waals surface area contributed by atoms with Crippen molar-refractivity contribution in [2.75, 3.05) is 0 Å². The van der Waals surface area contributed by atoms with E-state index in [1.54, 1.807) is 0 Å². The van der Waals surface area contributed by atoms with E-state index >= 15 is 0 Å². The van der Waals surface area contributed by atoms with Gasteiger partial charge in [-0.3, -0.25) is 4.79 Å². The third-order valence-corrected chi connectivity index (χ3v) is 1.79. The molecule has 0 saturated carbocycles. The third-order valence-electron chi connectivity index (χ3n) is 1.28. The quantitative estimate of drug-likeness (QED) is 0.717. The van der Waals surface area contributed by atoms with E-state index in [4.69, 9.17) is 0 Å². The zero-order chi connectivity index (χ0) is 9.90. The van der Waals surface area contributed by atoms with Gasteiger partial charge in [-0.05, 0) is 11.5 Å². The van der Waals surface area contributed by atoms with Crippen LogP contribution in [0.25, 0.3) is 0 Å². The van der Waals surface area contributed by atoms with Gasteiger partial charge in [0.2, 0.25) is 0 Å². The minimum Gasteiger partial charge on any atom is -0.292 e. The number of rotatable bonds is 3. The van der Waals surface area contributed by atoms with Gasteiger partial charge < -0.3 is 0 Å². The normalized spacial score (nSPS) is 11.6. The average molecular weight is 210 g/mol. The maximum Gasteiger partial charge on any atom is 0.389 e. The molecule has 7 heteroatoms. The van der Waals surface area contributed by atoms with Crippen LogP contribution in [-0.4, -0.2) is 21.5 Å². The molecule has 0 atom stereocenters. The lowest BCUT2D eigenvalue weighted by Crippen LogP contribution is -2.11. The van der Waals surface area contributed by atoms with Gasteiger partial charge >= 0.3 is 6.18 Å². The van der Waals surface area contributed by atoms with Gasteiger partial charge in [-0.15, -0.1) is 5.10 Å². The number of ketones is 1. The number of hydrogen-bond acceptors (Lipinski definition) is 4. The first-order valence-corrected chi connectivity index (χ1v) is 4.20. The summed E-state index contributed by atoms with van der Waals surface area (Å²) < 4.78 is 38.4. The number of nitrogens with zero attached hydrogens (tertiary/aromatic N) is 2. The Morgan fingerprint density at radius 1 is 1.54 bits per heavy atom. The number of Topliss-reactive ketones (excluding diaryl/α,β-unsaturated/α-hetero) is 1. The Hall–Kier alpha value is -0.980. The third kappa shape index (κ3) is 3.49. The Morgan fingerprint density at radius 2 is 2.23 bits per heavy atom. The molecule has 0 bridgehead atoms. The fourth-order valence-corrected chi connectivity index (χ4v) is 1.13. The molecule has 1 aromatic rings. The molecule has 0 unspecified atom stereocenters. The number of halogens is 3. The Morgan fingerprint density at radius 3 is 2.69 bits per heavy atom. The molecule has 0 aliphatic rings. The van der Waals surface area contributed by atoms with Crippen LogP contribution in [0.2, 0.25) is 0 Å². The van der Waals surface area contributed by atoms with Crippen molar-refractivity contribution in [3.63, 3.8) is 0 Å². The summed E-state index contributed by atoms with van der Waals surface area (Å²) in [6.07, 6.45) is -5.96. The van der Waals surface area contributed by atoms with Gasteiger partial charge in [-0.25, -0.2) is 0 Å². The molecular formula is C6H5F3N2OS. The van der Waals surface area contributed by atoms with Crippen molar-refractivity contribution in [2.45, 2.75) is 19.0 Å². The summed E-state index contributed by atoms with van der Waals surface area (Å²) in [5.74, 6) is -0.619. The van der Waals surface area contributed by atoms with Crippen LogP contribution in [0.15, 0.2) is 5.38 Å². The zero-order valence-electron chi connectivity index (χ0n) is 6.34. The van der Waals surface area contributed by atoms with E-state index in [1.165, 1.54) is 5.38 Å². The van der Waals surface area contributed by atoms with Gasteiger partial charge in [0.05, 0.1) is 6.42 Å². The Kier molecular flexibility index (Phi) is 2.97. The maximum absolute atomic E-state index is 11.7. The molecule has 1 heterocycles. The summed E-state index contributed by atoms with van der Waals surface area (Å²) in [4.78, 5) is 11.0. The van der Waals surface area contributed by atoms with Crippen LogP contribution >= 0.6 is 11.5 Å². The Labute approximate surface area is 75.7 Å². The molecule has 0 spiro atoms. The summed E-state index contributed by atoms with van der Waals surface area (Å²) in [7, 11) is 0. The van der Waals surface area contributed by atoms with E-state index in [9.17, 15) is 18.0 Å². The molecule has 0 aliphatic carbocycles. The molecule has 0 aliphatic heterocycles. The van der Waals surface area contributed by atoms with E-state index in [2.05, 4.69) is 9.59 Å². The van der Waals surface area contributed by atoms with Crippen LogP contribution in [0.1, 0.15) is 23.3 Å². The summed E-state index contributed by atoms with van der Waals surface area (Å²) >= 11 is 0.938. The number of carbonyl (C=O) groups is 1. The van der Waals surface area contributed by atoms with Gasteiger partial charge in [-0.1, -0.05) is 4.49 Å². The number of alkyl halides is 3. The topological polar surface area (TPSA) is 42.9 Å². The van der Waals surface area contributed by atoms with E-state index in [1.807, 2.05) is 0 Å². The van der Waals surface area contributed by atoms with Crippen molar-refractivity contribution in [3.8, 4) is 0 Å². The molecule has 1 rings (SSSR count).